The van der Waals surface area contributed by atoms with Gasteiger partial charge in [0, 0.05) is 0 Å². The van der Waals surface area contributed by atoms with Gasteiger partial charge in [-0.2, -0.15) is 0 Å². The van der Waals surface area contributed by atoms with Crippen molar-refractivity contribution in [2.75, 3.05) is 6.61 Å². The van der Waals surface area contributed by atoms with Crippen LogP contribution in [0.5, 0.6) is 0 Å². The Morgan fingerprint density at radius 1 is 1.17 bits per heavy atom. The summed E-state index contributed by atoms with van der Waals surface area (Å²) in [5.41, 5.74) is 0. The van der Waals surface area contributed by atoms with E-state index in [1.54, 1.807) is 6.92 Å². The van der Waals surface area contributed by atoms with Crippen LogP contribution in [0.1, 0.15) is 46.5 Å². The summed E-state index contributed by atoms with van der Waals surface area (Å²) in [6.07, 6.45) is 5.61. The number of unbranched alkanes of at least 4 members (excludes halogenated alkanes) is 2. The van der Waals surface area contributed by atoms with Crippen molar-refractivity contribution in [1.29, 1.82) is 0 Å². The molecule has 0 aliphatic carbocycles. The molecule has 18 heavy (non-hydrogen) atoms. The zero-order valence-electron chi connectivity index (χ0n) is 11.7. The molecule has 0 rings (SSSR count). The molecule has 5 heteroatoms. The van der Waals surface area contributed by atoms with Gasteiger partial charge in [-0.1, -0.05) is 0 Å². The second-order valence-electron chi connectivity index (χ2n) is 4.08. The zero-order valence-corrected chi connectivity index (χ0v) is 14.6. The SMILES string of the molecule is CCC[CH2][Sn]([CH2]CCC)[O]C(O)=CC(=O)OCC. The fourth-order valence-electron chi connectivity index (χ4n) is 1.44. The molecule has 0 aliphatic heterocycles. The molecule has 0 unspecified atom stereocenters. The summed E-state index contributed by atoms with van der Waals surface area (Å²) in [5, 5.41) is 9.60. The van der Waals surface area contributed by atoms with E-state index < -0.39 is 26.1 Å². The summed E-state index contributed by atoms with van der Waals surface area (Å²) in [6.45, 7) is 6.33. The van der Waals surface area contributed by atoms with Gasteiger partial charge in [0.05, 0.1) is 0 Å². The molecule has 0 fully saturated rings. The van der Waals surface area contributed by atoms with Crippen LogP contribution in [-0.2, 0) is 12.6 Å². The minimum absolute atomic E-state index is 0.255. The van der Waals surface area contributed by atoms with Crippen molar-refractivity contribution in [3.63, 3.8) is 0 Å². The molecule has 0 aliphatic rings. The molecule has 0 atom stereocenters. The van der Waals surface area contributed by atoms with Crippen LogP contribution in [0, 0.1) is 0 Å². The van der Waals surface area contributed by atoms with Gasteiger partial charge in [0.2, 0.25) is 0 Å². The molecule has 0 spiro atoms. The van der Waals surface area contributed by atoms with Gasteiger partial charge in [-0.3, -0.25) is 0 Å². The van der Waals surface area contributed by atoms with Gasteiger partial charge >= 0.3 is 118 Å². The average molecular weight is 364 g/mol. The third-order valence-electron chi connectivity index (χ3n) is 2.40. The van der Waals surface area contributed by atoms with Crippen molar-refractivity contribution in [2.24, 2.45) is 0 Å². The Balaban J connectivity index is 4.22. The van der Waals surface area contributed by atoms with Crippen molar-refractivity contribution < 1.29 is 17.7 Å². The van der Waals surface area contributed by atoms with E-state index in [1.165, 1.54) is 0 Å². The molecule has 0 aromatic carbocycles. The quantitative estimate of drug-likeness (QED) is 0.279. The summed E-state index contributed by atoms with van der Waals surface area (Å²) in [6, 6.07) is 0. The summed E-state index contributed by atoms with van der Waals surface area (Å²) in [7, 11) is 0. The van der Waals surface area contributed by atoms with E-state index in [-0.39, 0.29) is 5.95 Å². The van der Waals surface area contributed by atoms with Gasteiger partial charge in [0.25, 0.3) is 0 Å². The Morgan fingerprint density at radius 2 is 1.72 bits per heavy atom. The van der Waals surface area contributed by atoms with Gasteiger partial charge in [0.15, 0.2) is 0 Å². The molecule has 4 nitrogen and oxygen atoms in total. The molecular weight excluding hydrogens is 339 g/mol. The van der Waals surface area contributed by atoms with Gasteiger partial charge < -0.3 is 0 Å². The molecule has 1 N–H and O–H groups in total. The number of esters is 1. The Hall–Kier alpha value is -0.391. The van der Waals surface area contributed by atoms with Crippen LogP contribution in [0.25, 0.3) is 0 Å². The monoisotopic (exact) mass is 365 g/mol. The van der Waals surface area contributed by atoms with Crippen molar-refractivity contribution in [3.8, 4) is 0 Å². The first-order chi connectivity index (χ1) is 8.63. The number of carbonyl (C=O) groups excluding carboxylic acids is 1. The first kappa shape index (κ1) is 17.6. The number of aliphatic hydroxyl groups is 1. The van der Waals surface area contributed by atoms with E-state index in [9.17, 15) is 9.90 Å². The fraction of sp³-hybridized carbons (Fsp3) is 0.769. The predicted octanol–water partition coefficient (Wildman–Crippen LogP) is 3.56. The van der Waals surface area contributed by atoms with Crippen LogP contribution < -0.4 is 0 Å². The molecule has 1 radical (unpaired) electrons. The fourth-order valence-corrected chi connectivity index (χ4v) is 8.01. The Bertz CT molecular complexity index is 245. The summed E-state index contributed by atoms with van der Waals surface area (Å²) in [4.78, 5) is 11.1. The number of hydrogen-bond acceptors (Lipinski definition) is 4. The molecule has 105 valence electrons. The minimum atomic E-state index is -2.02. The van der Waals surface area contributed by atoms with Gasteiger partial charge in [-0.15, -0.1) is 0 Å². The number of aliphatic hydroxyl groups excluding tert-OH is 1. The van der Waals surface area contributed by atoms with E-state index in [2.05, 4.69) is 13.8 Å². The molecule has 0 saturated heterocycles. The van der Waals surface area contributed by atoms with Crippen LogP contribution in [0.2, 0.25) is 8.87 Å². The topological polar surface area (TPSA) is 55.8 Å². The normalized spacial score (nSPS) is 11.7. The molecule has 0 heterocycles. The van der Waals surface area contributed by atoms with Crippen molar-refractivity contribution in [1.82, 2.24) is 0 Å². The Labute approximate surface area is 118 Å². The van der Waals surface area contributed by atoms with Crippen LogP contribution in [0.4, 0.5) is 0 Å². The first-order valence-electron chi connectivity index (χ1n) is 6.73. The van der Waals surface area contributed by atoms with Crippen molar-refractivity contribution in [3.05, 3.63) is 12.0 Å². The summed E-state index contributed by atoms with van der Waals surface area (Å²) in [5.74, 6) is -0.793. The molecule has 0 saturated carbocycles. The van der Waals surface area contributed by atoms with E-state index in [0.29, 0.717) is 6.61 Å². The second kappa shape index (κ2) is 11.7. The van der Waals surface area contributed by atoms with E-state index in [1.807, 2.05) is 0 Å². The van der Waals surface area contributed by atoms with Crippen molar-refractivity contribution >= 4 is 26.1 Å². The standard InChI is InChI=1S/C5H8O4.2C4H9.Sn/c1-2-9-5(8)3-4(6)7;2*1-3-4-2;/h3,6-7H,2H2,1H3;2*1,3-4H2,2H3;/q;;;+1/p-1. The molecule has 0 aromatic rings. The van der Waals surface area contributed by atoms with Gasteiger partial charge in [-0.25, -0.2) is 0 Å². The van der Waals surface area contributed by atoms with E-state index in [4.69, 9.17) is 7.81 Å². The van der Waals surface area contributed by atoms with Crippen LogP contribution in [0.3, 0.4) is 0 Å². The number of ether oxygens (including phenoxy) is 1. The number of rotatable bonds is 10. The number of carbonyl (C=O) groups is 1. The predicted molar refractivity (Wildman–Crippen MR) is 73.6 cm³/mol. The summed E-state index contributed by atoms with van der Waals surface area (Å²) < 4.78 is 12.5. The maximum atomic E-state index is 11.1. The van der Waals surface area contributed by atoms with Gasteiger partial charge in [-0.05, 0) is 0 Å². The number of hydrogen-bond donors (Lipinski definition) is 1. The van der Waals surface area contributed by atoms with Crippen LogP contribution in [0.15, 0.2) is 12.0 Å². The van der Waals surface area contributed by atoms with E-state index >= 15 is 0 Å². The third kappa shape index (κ3) is 9.62. The average Bonchev–Trinajstić information content (AvgIpc) is 2.32. The van der Waals surface area contributed by atoms with Gasteiger partial charge in [0.1, 0.15) is 0 Å². The van der Waals surface area contributed by atoms with Crippen LogP contribution >= 0.6 is 0 Å². The molecule has 0 bridgehead atoms. The molecule has 0 amide bonds. The Morgan fingerprint density at radius 3 is 2.17 bits per heavy atom. The van der Waals surface area contributed by atoms with Crippen molar-refractivity contribution in [2.45, 2.75) is 55.3 Å². The third-order valence-corrected chi connectivity index (χ3v) is 9.02. The zero-order chi connectivity index (χ0) is 13.8. The Kier molecular flexibility index (Phi) is 11.4. The molecular formula is C13H25O4Sn. The molecule has 0 aromatic heterocycles. The van der Waals surface area contributed by atoms with E-state index in [0.717, 1.165) is 40.6 Å². The second-order valence-corrected chi connectivity index (χ2v) is 10.6. The summed E-state index contributed by atoms with van der Waals surface area (Å²) >= 11 is -2.02. The maximum absolute atomic E-state index is 11.1. The van der Waals surface area contributed by atoms with Crippen LogP contribution in [-0.4, -0.2) is 37.9 Å². The first-order valence-corrected chi connectivity index (χ1v) is 11.9.